The van der Waals surface area contributed by atoms with E-state index in [0.717, 1.165) is 0 Å². The Balaban J connectivity index is 1.66. The second-order valence-electron chi connectivity index (χ2n) is 7.00. The van der Waals surface area contributed by atoms with Crippen LogP contribution < -0.4 is 10.2 Å². The number of rotatable bonds is 4. The Morgan fingerprint density at radius 1 is 1.08 bits per heavy atom. The molecule has 4 heterocycles. The maximum atomic E-state index is 9.60. The molecule has 2 aromatic heterocycles. The molecule has 0 aromatic carbocycles. The molecule has 2 aliphatic heterocycles. The van der Waals surface area contributed by atoms with Crippen LogP contribution in [-0.4, -0.2) is 76.1 Å². The smallest absolute Gasteiger partial charge is 0.164 e. The summed E-state index contributed by atoms with van der Waals surface area (Å²) in [6, 6.07) is 0. The maximum absolute atomic E-state index is 9.60. The van der Waals surface area contributed by atoms with Crippen LogP contribution in [0.15, 0.2) is 12.7 Å². The highest BCUT2D eigenvalue weighted by molar-refractivity contribution is 5.92. The Hall–Kier alpha value is -2.14. The van der Waals surface area contributed by atoms with Gasteiger partial charge in [-0.3, -0.25) is 0 Å². The second kappa shape index (κ2) is 6.23. The summed E-state index contributed by atoms with van der Waals surface area (Å²) < 4.78 is 17.7. The fraction of sp³-hybridized carbons (Fsp3) is 0.625. The van der Waals surface area contributed by atoms with Crippen molar-refractivity contribution in [1.29, 1.82) is 0 Å². The predicted molar refractivity (Wildman–Crippen MR) is 92.6 cm³/mol. The molecule has 140 valence electrons. The van der Waals surface area contributed by atoms with E-state index in [1.165, 1.54) is 12.7 Å². The van der Waals surface area contributed by atoms with Crippen molar-refractivity contribution in [2.75, 3.05) is 30.9 Å². The predicted octanol–water partition coefficient (Wildman–Crippen LogP) is 0.135. The molecule has 0 saturated carbocycles. The lowest BCUT2D eigenvalue weighted by Crippen LogP contribution is -2.35. The number of ether oxygens (including phenoxy) is 3. The number of hydrogen-bond donors (Lipinski definition) is 2. The topological polar surface area (TPSA) is 115 Å². The van der Waals surface area contributed by atoms with Gasteiger partial charge in [0.1, 0.15) is 42.0 Å². The SMILES string of the molecule is CN(C)c1ncnc2c(N[C@@H]3O[C@H](CO)[C@H]4OC(C)(C)O[C@H]43)ncnc12. The van der Waals surface area contributed by atoms with Crippen molar-refractivity contribution in [3.05, 3.63) is 12.7 Å². The fourth-order valence-corrected chi connectivity index (χ4v) is 3.38. The van der Waals surface area contributed by atoms with E-state index in [2.05, 4.69) is 25.3 Å². The van der Waals surface area contributed by atoms with Crippen LogP contribution >= 0.6 is 0 Å². The molecule has 0 unspecified atom stereocenters. The summed E-state index contributed by atoms with van der Waals surface area (Å²) in [5, 5.41) is 12.8. The summed E-state index contributed by atoms with van der Waals surface area (Å²) in [6.45, 7) is 3.53. The lowest BCUT2D eigenvalue weighted by molar-refractivity contribution is -0.187. The van der Waals surface area contributed by atoms with E-state index in [1.807, 2.05) is 32.8 Å². The van der Waals surface area contributed by atoms with Gasteiger partial charge in [-0.1, -0.05) is 0 Å². The van der Waals surface area contributed by atoms with Gasteiger partial charge in [-0.05, 0) is 13.8 Å². The van der Waals surface area contributed by atoms with E-state index >= 15 is 0 Å². The molecular formula is C16H22N6O4. The molecule has 26 heavy (non-hydrogen) atoms. The number of aliphatic hydroxyl groups excluding tert-OH is 1. The van der Waals surface area contributed by atoms with Crippen molar-refractivity contribution < 1.29 is 19.3 Å². The average Bonchev–Trinajstić information content (AvgIpc) is 3.08. The van der Waals surface area contributed by atoms with E-state index in [0.29, 0.717) is 22.7 Å². The van der Waals surface area contributed by atoms with Crippen molar-refractivity contribution in [2.24, 2.45) is 0 Å². The molecule has 10 heteroatoms. The molecule has 4 rings (SSSR count). The van der Waals surface area contributed by atoms with E-state index in [1.54, 1.807) is 0 Å². The van der Waals surface area contributed by atoms with Crippen LogP contribution in [0.3, 0.4) is 0 Å². The minimum atomic E-state index is -0.736. The van der Waals surface area contributed by atoms with Crippen molar-refractivity contribution in [3.63, 3.8) is 0 Å². The Labute approximate surface area is 150 Å². The zero-order valence-electron chi connectivity index (χ0n) is 15.1. The van der Waals surface area contributed by atoms with Crippen molar-refractivity contribution >= 4 is 22.7 Å². The van der Waals surface area contributed by atoms with Gasteiger partial charge >= 0.3 is 0 Å². The fourth-order valence-electron chi connectivity index (χ4n) is 3.38. The van der Waals surface area contributed by atoms with Crippen LogP contribution in [0.5, 0.6) is 0 Å². The zero-order chi connectivity index (χ0) is 18.5. The van der Waals surface area contributed by atoms with Gasteiger partial charge in [0.15, 0.2) is 23.7 Å². The molecule has 0 spiro atoms. The lowest BCUT2D eigenvalue weighted by atomic mass is 10.1. The van der Waals surface area contributed by atoms with Gasteiger partial charge in [0.25, 0.3) is 0 Å². The molecular weight excluding hydrogens is 340 g/mol. The quantitative estimate of drug-likeness (QED) is 0.778. The molecule has 2 aromatic rings. The van der Waals surface area contributed by atoms with Gasteiger partial charge in [0.05, 0.1) is 6.61 Å². The van der Waals surface area contributed by atoms with Crippen molar-refractivity contribution in [1.82, 2.24) is 19.9 Å². The highest BCUT2D eigenvalue weighted by Gasteiger charge is 2.55. The number of nitrogens with one attached hydrogen (secondary N) is 1. The third-order valence-electron chi connectivity index (χ3n) is 4.43. The maximum Gasteiger partial charge on any atom is 0.164 e. The van der Waals surface area contributed by atoms with Crippen LogP contribution in [0.1, 0.15) is 13.8 Å². The minimum Gasteiger partial charge on any atom is -0.394 e. The molecule has 2 fully saturated rings. The van der Waals surface area contributed by atoms with E-state index < -0.39 is 18.1 Å². The van der Waals surface area contributed by atoms with Crippen LogP contribution in [0.25, 0.3) is 11.0 Å². The lowest BCUT2D eigenvalue weighted by Gasteiger charge is -2.24. The monoisotopic (exact) mass is 362 g/mol. The first kappa shape index (κ1) is 17.3. The second-order valence-corrected chi connectivity index (χ2v) is 7.00. The van der Waals surface area contributed by atoms with Crippen molar-refractivity contribution in [2.45, 2.75) is 44.2 Å². The molecule has 2 saturated heterocycles. The molecule has 0 bridgehead atoms. The largest absolute Gasteiger partial charge is 0.394 e. The number of aromatic nitrogens is 4. The number of fused-ring (bicyclic) bond motifs is 2. The van der Waals surface area contributed by atoms with Crippen LogP contribution in [0.2, 0.25) is 0 Å². The Morgan fingerprint density at radius 3 is 2.50 bits per heavy atom. The average molecular weight is 362 g/mol. The minimum absolute atomic E-state index is 0.156. The Kier molecular flexibility index (Phi) is 4.14. The molecule has 0 radical (unpaired) electrons. The molecule has 0 amide bonds. The number of nitrogens with zero attached hydrogens (tertiary/aromatic N) is 5. The van der Waals surface area contributed by atoms with Gasteiger partial charge < -0.3 is 29.5 Å². The molecule has 2 N–H and O–H groups in total. The van der Waals surface area contributed by atoms with Crippen LogP contribution in [-0.2, 0) is 14.2 Å². The molecule has 0 aliphatic carbocycles. The zero-order valence-corrected chi connectivity index (χ0v) is 15.1. The Morgan fingerprint density at radius 2 is 1.77 bits per heavy atom. The third kappa shape index (κ3) is 2.84. The normalized spacial score (nSPS) is 29.7. The van der Waals surface area contributed by atoms with Gasteiger partial charge in [-0.25, -0.2) is 19.9 Å². The highest BCUT2D eigenvalue weighted by atomic mass is 16.8. The first-order chi connectivity index (χ1) is 12.4. The summed E-state index contributed by atoms with van der Waals surface area (Å²) >= 11 is 0. The standard InChI is InChI=1S/C16H22N6O4/c1-16(2)25-11-8(5-23)24-15(12(11)26-16)21-13-9-10(18-6-19-13)14(22(3)4)20-7-17-9/h6-8,11-12,15,23H,5H2,1-4H3,(H,18,19,21)/t8-,11-,12-,15-/m1/s1. The number of hydrogen-bond acceptors (Lipinski definition) is 10. The third-order valence-corrected chi connectivity index (χ3v) is 4.43. The van der Waals surface area contributed by atoms with Gasteiger partial charge in [0.2, 0.25) is 0 Å². The van der Waals surface area contributed by atoms with Gasteiger partial charge in [-0.15, -0.1) is 0 Å². The van der Waals surface area contributed by atoms with Crippen molar-refractivity contribution in [3.8, 4) is 0 Å². The van der Waals surface area contributed by atoms with E-state index in [4.69, 9.17) is 14.2 Å². The number of anilines is 2. The van der Waals surface area contributed by atoms with Crippen LogP contribution in [0, 0.1) is 0 Å². The molecule has 2 aliphatic rings. The van der Waals surface area contributed by atoms with Gasteiger partial charge in [0, 0.05) is 14.1 Å². The summed E-state index contributed by atoms with van der Waals surface area (Å²) in [6.07, 6.45) is 1.19. The molecule has 4 atom stereocenters. The van der Waals surface area contributed by atoms with Crippen LogP contribution in [0.4, 0.5) is 11.6 Å². The summed E-state index contributed by atoms with van der Waals surface area (Å²) in [5.74, 6) is 0.470. The number of aliphatic hydroxyl groups is 1. The first-order valence-corrected chi connectivity index (χ1v) is 8.41. The summed E-state index contributed by atoms with van der Waals surface area (Å²) in [5.41, 5.74) is 1.21. The van der Waals surface area contributed by atoms with E-state index in [-0.39, 0.29) is 18.8 Å². The first-order valence-electron chi connectivity index (χ1n) is 8.41. The van der Waals surface area contributed by atoms with Gasteiger partial charge in [-0.2, -0.15) is 0 Å². The summed E-state index contributed by atoms with van der Waals surface area (Å²) in [7, 11) is 3.78. The Bertz CT molecular complexity index is 816. The summed E-state index contributed by atoms with van der Waals surface area (Å²) in [4.78, 5) is 19.1. The molecule has 10 nitrogen and oxygen atoms in total. The van der Waals surface area contributed by atoms with E-state index in [9.17, 15) is 5.11 Å². The highest BCUT2D eigenvalue weighted by Crippen LogP contribution is 2.39.